The van der Waals surface area contributed by atoms with E-state index >= 15 is 0 Å². The number of allylic oxidation sites excluding steroid dienone is 4. The molecule has 2 fully saturated rings. The molecule has 0 saturated heterocycles. The summed E-state index contributed by atoms with van der Waals surface area (Å²) >= 11 is 0. The minimum atomic E-state index is 0.945. The van der Waals surface area contributed by atoms with E-state index in [2.05, 4.69) is 12.2 Å². The summed E-state index contributed by atoms with van der Waals surface area (Å²) in [6.07, 6.45) is 23.8. The molecule has 1 nitrogen and oxygen atoms in total. The van der Waals surface area contributed by atoms with Gasteiger partial charge in [-0.05, 0) is 77.0 Å². The van der Waals surface area contributed by atoms with Gasteiger partial charge in [-0.15, -0.1) is 0 Å². The zero-order valence-corrected chi connectivity index (χ0v) is 13.9. The predicted octanol–water partition coefficient (Wildman–Crippen LogP) is 6.34. The molecule has 0 unspecified atom stereocenters. The van der Waals surface area contributed by atoms with Gasteiger partial charge in [-0.1, -0.05) is 36.1 Å². The van der Waals surface area contributed by atoms with E-state index < -0.39 is 0 Å². The van der Waals surface area contributed by atoms with Gasteiger partial charge in [0.1, 0.15) is 0 Å². The maximum atomic E-state index is 5.75. The van der Waals surface area contributed by atoms with Gasteiger partial charge in [0.05, 0.1) is 0 Å². The monoisotopic (exact) mass is 290 g/mol. The largest absolute Gasteiger partial charge is 0.381 e. The molecule has 2 aliphatic carbocycles. The first kappa shape index (κ1) is 16.8. The van der Waals surface area contributed by atoms with Gasteiger partial charge in [-0.25, -0.2) is 0 Å². The Morgan fingerprint density at radius 3 is 1.48 bits per heavy atom. The molecular formula is C20H34O. The van der Waals surface area contributed by atoms with Gasteiger partial charge in [0.15, 0.2) is 0 Å². The molecule has 0 radical (unpaired) electrons. The maximum Gasteiger partial charge on any atom is 0.0468 e. The highest BCUT2D eigenvalue weighted by Gasteiger charge is 2.04. The number of unbranched alkanes of at least 4 members (excludes halogenated alkanes) is 2. The molecular weight excluding hydrogens is 256 g/mol. The first-order valence-electron chi connectivity index (χ1n) is 9.39. The minimum Gasteiger partial charge on any atom is -0.381 e. The van der Waals surface area contributed by atoms with Crippen molar-refractivity contribution in [2.75, 3.05) is 13.2 Å². The van der Waals surface area contributed by atoms with Crippen molar-refractivity contribution in [3.63, 3.8) is 0 Å². The lowest BCUT2D eigenvalue weighted by Gasteiger charge is -2.13. The SMILES string of the molecule is C(CCCOCCCC=C1CCCCC1)=C1CCCCC1. The van der Waals surface area contributed by atoms with Crippen molar-refractivity contribution in [1.29, 1.82) is 0 Å². The molecule has 0 N–H and O–H groups in total. The molecule has 120 valence electrons. The Bertz CT molecular complexity index is 279. The van der Waals surface area contributed by atoms with Crippen molar-refractivity contribution in [1.82, 2.24) is 0 Å². The van der Waals surface area contributed by atoms with E-state index in [0.29, 0.717) is 0 Å². The van der Waals surface area contributed by atoms with Crippen LogP contribution in [0.25, 0.3) is 0 Å². The lowest BCUT2D eigenvalue weighted by Crippen LogP contribution is -1.98. The summed E-state index contributed by atoms with van der Waals surface area (Å²) in [6, 6.07) is 0. The van der Waals surface area contributed by atoms with Crippen LogP contribution in [0.15, 0.2) is 23.3 Å². The molecule has 21 heavy (non-hydrogen) atoms. The van der Waals surface area contributed by atoms with E-state index in [4.69, 9.17) is 4.74 Å². The summed E-state index contributed by atoms with van der Waals surface area (Å²) < 4.78 is 5.75. The van der Waals surface area contributed by atoms with Crippen LogP contribution in [-0.4, -0.2) is 13.2 Å². The summed E-state index contributed by atoms with van der Waals surface area (Å²) in [6.45, 7) is 1.89. The van der Waals surface area contributed by atoms with Crippen molar-refractivity contribution in [3.05, 3.63) is 23.3 Å². The molecule has 2 rings (SSSR count). The van der Waals surface area contributed by atoms with Crippen LogP contribution in [0.1, 0.15) is 89.9 Å². The highest BCUT2D eigenvalue weighted by Crippen LogP contribution is 2.24. The average molecular weight is 290 g/mol. The predicted molar refractivity (Wildman–Crippen MR) is 91.6 cm³/mol. The average Bonchev–Trinajstić information content (AvgIpc) is 2.55. The molecule has 0 heterocycles. The lowest BCUT2D eigenvalue weighted by molar-refractivity contribution is 0.130. The Morgan fingerprint density at radius 2 is 1.05 bits per heavy atom. The standard InChI is InChI=1S/C20H34O/c1-3-11-19(12-4-1)15-7-9-17-21-18-10-8-16-20-13-5-2-6-14-20/h15-16H,1-14,17-18H2. The van der Waals surface area contributed by atoms with Crippen molar-refractivity contribution < 1.29 is 4.74 Å². The van der Waals surface area contributed by atoms with Crippen LogP contribution < -0.4 is 0 Å². The van der Waals surface area contributed by atoms with E-state index in [9.17, 15) is 0 Å². The van der Waals surface area contributed by atoms with Crippen LogP contribution >= 0.6 is 0 Å². The van der Waals surface area contributed by atoms with Crippen molar-refractivity contribution in [2.45, 2.75) is 89.9 Å². The molecule has 0 atom stereocenters. The Hall–Kier alpha value is -0.560. The first-order valence-corrected chi connectivity index (χ1v) is 9.39. The summed E-state index contributed by atoms with van der Waals surface area (Å²) in [5.74, 6) is 0. The molecule has 0 aromatic heterocycles. The Morgan fingerprint density at radius 1 is 0.619 bits per heavy atom. The fourth-order valence-corrected chi connectivity index (χ4v) is 3.51. The molecule has 0 aromatic carbocycles. The van der Waals surface area contributed by atoms with Gasteiger partial charge in [-0.3, -0.25) is 0 Å². The van der Waals surface area contributed by atoms with Crippen LogP contribution in [0.5, 0.6) is 0 Å². The summed E-state index contributed by atoms with van der Waals surface area (Å²) in [5.41, 5.74) is 3.42. The van der Waals surface area contributed by atoms with Crippen LogP contribution in [0.2, 0.25) is 0 Å². The fourth-order valence-electron chi connectivity index (χ4n) is 3.51. The van der Waals surface area contributed by atoms with Crippen molar-refractivity contribution in [2.24, 2.45) is 0 Å². The molecule has 0 spiro atoms. The van der Waals surface area contributed by atoms with E-state index in [1.54, 1.807) is 11.1 Å². The molecule has 0 amide bonds. The highest BCUT2D eigenvalue weighted by atomic mass is 16.5. The molecule has 0 bridgehead atoms. The summed E-state index contributed by atoms with van der Waals surface area (Å²) in [7, 11) is 0. The highest BCUT2D eigenvalue weighted by molar-refractivity contribution is 5.04. The summed E-state index contributed by atoms with van der Waals surface area (Å²) in [5, 5.41) is 0. The number of hydrogen-bond acceptors (Lipinski definition) is 1. The zero-order chi connectivity index (χ0) is 14.6. The second-order valence-corrected chi connectivity index (χ2v) is 6.74. The molecule has 2 aliphatic rings. The van der Waals surface area contributed by atoms with E-state index in [-0.39, 0.29) is 0 Å². The van der Waals surface area contributed by atoms with E-state index in [1.165, 1.54) is 89.9 Å². The molecule has 1 heteroatoms. The number of hydrogen-bond donors (Lipinski definition) is 0. The second-order valence-electron chi connectivity index (χ2n) is 6.74. The molecule has 0 aromatic rings. The summed E-state index contributed by atoms with van der Waals surface area (Å²) in [4.78, 5) is 0. The van der Waals surface area contributed by atoms with E-state index in [1.807, 2.05) is 0 Å². The Labute approximate surface area is 131 Å². The first-order chi connectivity index (χ1) is 10.4. The third-order valence-corrected chi connectivity index (χ3v) is 4.84. The van der Waals surface area contributed by atoms with E-state index in [0.717, 1.165) is 13.2 Å². The second kappa shape index (κ2) is 11.1. The van der Waals surface area contributed by atoms with Crippen LogP contribution in [0.3, 0.4) is 0 Å². The van der Waals surface area contributed by atoms with Crippen LogP contribution in [0.4, 0.5) is 0 Å². The Balaban J connectivity index is 1.39. The molecule has 2 saturated carbocycles. The smallest absolute Gasteiger partial charge is 0.0468 e. The van der Waals surface area contributed by atoms with Gasteiger partial charge in [-0.2, -0.15) is 0 Å². The molecule has 0 aliphatic heterocycles. The quantitative estimate of drug-likeness (QED) is 0.374. The maximum absolute atomic E-state index is 5.75. The topological polar surface area (TPSA) is 9.23 Å². The van der Waals surface area contributed by atoms with Crippen LogP contribution in [-0.2, 0) is 4.74 Å². The van der Waals surface area contributed by atoms with Crippen molar-refractivity contribution in [3.8, 4) is 0 Å². The van der Waals surface area contributed by atoms with Gasteiger partial charge in [0, 0.05) is 13.2 Å². The normalized spacial score (nSPS) is 19.6. The third-order valence-electron chi connectivity index (χ3n) is 4.84. The van der Waals surface area contributed by atoms with Crippen molar-refractivity contribution >= 4 is 0 Å². The number of ether oxygens (including phenoxy) is 1. The van der Waals surface area contributed by atoms with Gasteiger partial charge >= 0.3 is 0 Å². The minimum absolute atomic E-state index is 0.945. The van der Waals surface area contributed by atoms with Gasteiger partial charge in [0.25, 0.3) is 0 Å². The third kappa shape index (κ3) is 7.85. The fraction of sp³-hybridized carbons (Fsp3) is 0.800. The van der Waals surface area contributed by atoms with Crippen LogP contribution in [0, 0.1) is 0 Å². The lowest BCUT2D eigenvalue weighted by atomic mass is 9.94. The van der Waals surface area contributed by atoms with Gasteiger partial charge < -0.3 is 4.74 Å². The number of rotatable bonds is 8. The Kier molecular flexibility index (Phi) is 8.86. The zero-order valence-electron chi connectivity index (χ0n) is 13.9. The van der Waals surface area contributed by atoms with Gasteiger partial charge in [0.2, 0.25) is 0 Å².